The van der Waals surface area contributed by atoms with Crippen LogP contribution in [0.25, 0.3) is 0 Å². The summed E-state index contributed by atoms with van der Waals surface area (Å²) in [5.41, 5.74) is -0.485. The van der Waals surface area contributed by atoms with Gasteiger partial charge in [0.2, 0.25) is 0 Å². The molecule has 0 aliphatic rings. The van der Waals surface area contributed by atoms with Gasteiger partial charge in [-0.1, -0.05) is 0 Å². The predicted octanol–water partition coefficient (Wildman–Crippen LogP) is 1.51. The maximum atomic E-state index is 11.5. The zero-order valence-electron chi connectivity index (χ0n) is 16.4. The second-order valence-corrected chi connectivity index (χ2v) is 6.43. The molecule has 0 aromatic carbocycles. The normalized spacial score (nSPS) is 12.0. The molecule has 0 rings (SSSR count). The average molecular weight is 360 g/mol. The van der Waals surface area contributed by atoms with Gasteiger partial charge in [0.15, 0.2) is 5.96 Å². The molecule has 148 valence electrons. The Kier molecular flexibility index (Phi) is 13.9. The third-order valence-electron chi connectivity index (χ3n) is 2.83. The van der Waals surface area contributed by atoms with Crippen LogP contribution < -0.4 is 16.0 Å². The first kappa shape index (κ1) is 23.5. The molecule has 8 heteroatoms. The Hall–Kier alpha value is -1.54. The number of nitrogens with zero attached hydrogens (tertiary/aromatic N) is 1. The Bertz CT molecular complexity index is 370. The van der Waals surface area contributed by atoms with E-state index >= 15 is 0 Å². The first-order valence-corrected chi connectivity index (χ1v) is 8.94. The number of hydrogen-bond acceptors (Lipinski definition) is 5. The fraction of sp³-hybridized carbons (Fsp3) is 0.882. The second kappa shape index (κ2) is 14.8. The standard InChI is InChI=1S/C17H36N4O4/c1-6-18-15(19-9-7-8-12-24-14-13-23-5)20-10-11-21-16(22)25-17(2,3)4/h6-14H2,1-5H3,(H,21,22)(H2,18,19,20). The van der Waals surface area contributed by atoms with Crippen molar-refractivity contribution in [2.24, 2.45) is 4.99 Å². The summed E-state index contributed by atoms with van der Waals surface area (Å²) in [7, 11) is 1.66. The van der Waals surface area contributed by atoms with Crippen LogP contribution in [-0.4, -0.2) is 70.8 Å². The van der Waals surface area contributed by atoms with Crippen molar-refractivity contribution in [3.63, 3.8) is 0 Å². The number of unbranched alkanes of at least 4 members (excludes halogenated alkanes) is 1. The van der Waals surface area contributed by atoms with E-state index in [0.717, 1.165) is 38.5 Å². The summed E-state index contributed by atoms with van der Waals surface area (Å²) in [4.78, 5) is 16.0. The van der Waals surface area contributed by atoms with Gasteiger partial charge in [0.25, 0.3) is 0 Å². The number of alkyl carbamates (subject to hydrolysis) is 1. The minimum Gasteiger partial charge on any atom is -0.444 e. The maximum Gasteiger partial charge on any atom is 0.407 e. The molecule has 0 saturated heterocycles. The van der Waals surface area contributed by atoms with Crippen molar-refractivity contribution in [3.05, 3.63) is 0 Å². The maximum absolute atomic E-state index is 11.5. The highest BCUT2D eigenvalue weighted by Gasteiger charge is 2.15. The van der Waals surface area contributed by atoms with Crippen molar-refractivity contribution in [2.75, 3.05) is 53.1 Å². The zero-order chi connectivity index (χ0) is 19.0. The van der Waals surface area contributed by atoms with E-state index in [1.807, 2.05) is 27.7 Å². The van der Waals surface area contributed by atoms with Gasteiger partial charge in [-0.2, -0.15) is 0 Å². The van der Waals surface area contributed by atoms with Crippen molar-refractivity contribution < 1.29 is 19.0 Å². The summed E-state index contributed by atoms with van der Waals surface area (Å²) in [6.45, 7) is 12.1. The molecule has 0 spiro atoms. The Balaban J connectivity index is 3.83. The minimum absolute atomic E-state index is 0.412. The van der Waals surface area contributed by atoms with Crippen molar-refractivity contribution >= 4 is 12.1 Å². The molecule has 0 saturated carbocycles. The van der Waals surface area contributed by atoms with Gasteiger partial charge in [-0.15, -0.1) is 0 Å². The molecule has 0 aromatic heterocycles. The highest BCUT2D eigenvalue weighted by Crippen LogP contribution is 2.05. The van der Waals surface area contributed by atoms with E-state index in [0.29, 0.717) is 26.3 Å². The molecule has 0 aliphatic carbocycles. The van der Waals surface area contributed by atoms with Gasteiger partial charge >= 0.3 is 6.09 Å². The lowest BCUT2D eigenvalue weighted by molar-refractivity contribution is 0.0529. The van der Waals surface area contributed by atoms with Gasteiger partial charge in [-0.25, -0.2) is 4.79 Å². The van der Waals surface area contributed by atoms with Gasteiger partial charge in [0, 0.05) is 39.9 Å². The van der Waals surface area contributed by atoms with E-state index in [2.05, 4.69) is 20.9 Å². The van der Waals surface area contributed by atoms with Crippen LogP contribution in [0.1, 0.15) is 40.5 Å². The molecule has 0 fully saturated rings. The smallest absolute Gasteiger partial charge is 0.407 e. The van der Waals surface area contributed by atoms with Crippen LogP contribution in [0.2, 0.25) is 0 Å². The number of ether oxygens (including phenoxy) is 3. The summed E-state index contributed by atoms with van der Waals surface area (Å²) in [6.07, 6.45) is 1.51. The van der Waals surface area contributed by atoms with E-state index in [-0.39, 0.29) is 0 Å². The molecule has 0 aromatic rings. The van der Waals surface area contributed by atoms with E-state index in [1.54, 1.807) is 7.11 Å². The predicted molar refractivity (Wildman–Crippen MR) is 100 cm³/mol. The van der Waals surface area contributed by atoms with Crippen LogP contribution in [0.15, 0.2) is 4.99 Å². The number of hydrogen-bond donors (Lipinski definition) is 3. The van der Waals surface area contributed by atoms with Crippen LogP contribution in [0.5, 0.6) is 0 Å². The fourth-order valence-electron chi connectivity index (χ4n) is 1.75. The number of carbonyl (C=O) groups is 1. The summed E-state index contributed by atoms with van der Waals surface area (Å²) >= 11 is 0. The van der Waals surface area contributed by atoms with Crippen molar-refractivity contribution in [1.82, 2.24) is 16.0 Å². The highest BCUT2D eigenvalue weighted by atomic mass is 16.6. The second-order valence-electron chi connectivity index (χ2n) is 6.43. The molecule has 25 heavy (non-hydrogen) atoms. The quantitative estimate of drug-likeness (QED) is 0.277. The molecule has 0 heterocycles. The SMILES string of the molecule is CCNC(=NCCCCOCCOC)NCCNC(=O)OC(C)(C)C. The molecule has 8 nitrogen and oxygen atoms in total. The summed E-state index contributed by atoms with van der Waals surface area (Å²) in [5.74, 6) is 0.744. The molecule has 0 aliphatic heterocycles. The lowest BCUT2D eigenvalue weighted by Gasteiger charge is -2.19. The first-order chi connectivity index (χ1) is 11.9. The first-order valence-electron chi connectivity index (χ1n) is 8.94. The monoisotopic (exact) mass is 360 g/mol. The van der Waals surface area contributed by atoms with Crippen molar-refractivity contribution in [3.8, 4) is 0 Å². The molecular weight excluding hydrogens is 324 g/mol. The van der Waals surface area contributed by atoms with Crippen LogP contribution in [0.4, 0.5) is 4.79 Å². The highest BCUT2D eigenvalue weighted by molar-refractivity contribution is 5.79. The zero-order valence-corrected chi connectivity index (χ0v) is 16.4. The van der Waals surface area contributed by atoms with Gasteiger partial charge < -0.3 is 30.2 Å². The van der Waals surface area contributed by atoms with Crippen LogP contribution in [-0.2, 0) is 14.2 Å². The number of guanidine groups is 1. The van der Waals surface area contributed by atoms with Gasteiger partial charge in [0.1, 0.15) is 5.60 Å². The molecule has 0 radical (unpaired) electrons. The fourth-order valence-corrected chi connectivity index (χ4v) is 1.75. The lowest BCUT2D eigenvalue weighted by Crippen LogP contribution is -2.42. The van der Waals surface area contributed by atoms with Crippen LogP contribution in [0.3, 0.4) is 0 Å². The number of amides is 1. The topological polar surface area (TPSA) is 93.2 Å². The third-order valence-corrected chi connectivity index (χ3v) is 2.83. The van der Waals surface area contributed by atoms with Crippen LogP contribution in [0, 0.1) is 0 Å². The number of aliphatic imine (C=N–C) groups is 1. The molecule has 0 atom stereocenters. The van der Waals surface area contributed by atoms with E-state index in [4.69, 9.17) is 14.2 Å². The lowest BCUT2D eigenvalue weighted by atomic mass is 10.2. The largest absolute Gasteiger partial charge is 0.444 e. The van der Waals surface area contributed by atoms with Gasteiger partial charge in [-0.05, 0) is 40.5 Å². The Morgan fingerprint density at radius 2 is 1.72 bits per heavy atom. The summed E-state index contributed by atoms with van der Waals surface area (Å²) < 4.78 is 15.5. The molecule has 0 bridgehead atoms. The van der Waals surface area contributed by atoms with Crippen LogP contribution >= 0.6 is 0 Å². The number of rotatable bonds is 12. The van der Waals surface area contributed by atoms with E-state index in [1.165, 1.54) is 0 Å². The van der Waals surface area contributed by atoms with E-state index < -0.39 is 11.7 Å². The molecule has 1 amide bonds. The Labute approximate surface area is 152 Å². The van der Waals surface area contributed by atoms with Crippen molar-refractivity contribution in [1.29, 1.82) is 0 Å². The Morgan fingerprint density at radius 3 is 2.36 bits per heavy atom. The minimum atomic E-state index is -0.485. The van der Waals surface area contributed by atoms with Crippen molar-refractivity contribution in [2.45, 2.75) is 46.1 Å². The number of methoxy groups -OCH3 is 1. The molecule has 0 unspecified atom stereocenters. The van der Waals surface area contributed by atoms with E-state index in [9.17, 15) is 4.79 Å². The average Bonchev–Trinajstić information content (AvgIpc) is 2.52. The summed E-state index contributed by atoms with van der Waals surface area (Å²) in [6, 6.07) is 0. The summed E-state index contributed by atoms with van der Waals surface area (Å²) in [5, 5.41) is 9.06. The molecule has 3 N–H and O–H groups in total. The van der Waals surface area contributed by atoms with Gasteiger partial charge in [-0.3, -0.25) is 4.99 Å². The third kappa shape index (κ3) is 17.1. The molecular formula is C17H36N4O4. The number of nitrogens with one attached hydrogen (secondary N) is 3. The van der Waals surface area contributed by atoms with Gasteiger partial charge in [0.05, 0.1) is 13.2 Å². The number of carbonyl (C=O) groups excluding carboxylic acids is 1. The Morgan fingerprint density at radius 1 is 1.00 bits per heavy atom.